The SMILES string of the molecule is CCN(Cc1ccccn1)CC(C)C(=N)N. The van der Waals surface area contributed by atoms with Crippen LogP contribution in [0, 0.1) is 11.3 Å². The summed E-state index contributed by atoms with van der Waals surface area (Å²) >= 11 is 0. The van der Waals surface area contributed by atoms with E-state index < -0.39 is 0 Å². The topological polar surface area (TPSA) is 66.0 Å². The molecule has 0 radical (unpaired) electrons. The van der Waals surface area contributed by atoms with Gasteiger partial charge in [0.1, 0.15) is 0 Å². The van der Waals surface area contributed by atoms with Gasteiger partial charge in [-0.2, -0.15) is 0 Å². The normalized spacial score (nSPS) is 12.7. The molecule has 0 saturated carbocycles. The number of amidine groups is 1. The average Bonchev–Trinajstić information content (AvgIpc) is 2.29. The van der Waals surface area contributed by atoms with E-state index in [4.69, 9.17) is 11.1 Å². The molecule has 1 atom stereocenters. The second-order valence-electron chi connectivity index (χ2n) is 4.01. The van der Waals surface area contributed by atoms with Crippen LogP contribution in [-0.4, -0.2) is 28.8 Å². The van der Waals surface area contributed by atoms with Gasteiger partial charge in [-0.05, 0) is 18.7 Å². The van der Waals surface area contributed by atoms with Gasteiger partial charge in [0.2, 0.25) is 0 Å². The zero-order valence-electron chi connectivity index (χ0n) is 9.98. The first-order valence-corrected chi connectivity index (χ1v) is 5.59. The molecular weight excluding hydrogens is 200 g/mol. The van der Waals surface area contributed by atoms with Crippen molar-refractivity contribution in [1.29, 1.82) is 5.41 Å². The van der Waals surface area contributed by atoms with Crippen LogP contribution in [0.2, 0.25) is 0 Å². The maximum absolute atomic E-state index is 7.38. The first kappa shape index (κ1) is 12.6. The number of nitrogens with zero attached hydrogens (tertiary/aromatic N) is 2. The quantitative estimate of drug-likeness (QED) is 0.563. The molecule has 16 heavy (non-hydrogen) atoms. The van der Waals surface area contributed by atoms with E-state index in [1.54, 1.807) is 6.20 Å². The summed E-state index contributed by atoms with van der Waals surface area (Å²) in [6.07, 6.45) is 1.80. The Kier molecular flexibility index (Phi) is 4.92. The Balaban J connectivity index is 2.53. The van der Waals surface area contributed by atoms with Crippen molar-refractivity contribution in [2.45, 2.75) is 20.4 Å². The van der Waals surface area contributed by atoms with Gasteiger partial charge in [0.05, 0.1) is 11.5 Å². The third kappa shape index (κ3) is 3.98. The molecule has 1 heterocycles. The minimum Gasteiger partial charge on any atom is -0.387 e. The molecule has 0 bridgehead atoms. The second-order valence-corrected chi connectivity index (χ2v) is 4.01. The minimum atomic E-state index is 0.101. The smallest absolute Gasteiger partial charge is 0.0947 e. The van der Waals surface area contributed by atoms with Crippen molar-refractivity contribution >= 4 is 5.84 Å². The fourth-order valence-corrected chi connectivity index (χ4v) is 1.51. The number of pyridine rings is 1. The predicted molar refractivity (Wildman–Crippen MR) is 66.3 cm³/mol. The highest BCUT2D eigenvalue weighted by molar-refractivity contribution is 5.79. The molecule has 1 unspecified atom stereocenters. The van der Waals surface area contributed by atoms with E-state index in [0.717, 1.165) is 25.3 Å². The van der Waals surface area contributed by atoms with Crippen LogP contribution < -0.4 is 5.73 Å². The van der Waals surface area contributed by atoms with E-state index in [0.29, 0.717) is 0 Å². The Morgan fingerprint density at radius 1 is 1.56 bits per heavy atom. The standard InChI is InChI=1S/C12H20N4/c1-3-16(8-10(2)12(13)14)9-11-6-4-5-7-15-11/h4-7,10H,3,8-9H2,1-2H3,(H3,13,14). The number of nitrogens with one attached hydrogen (secondary N) is 1. The molecule has 0 spiro atoms. The molecule has 0 aliphatic rings. The van der Waals surface area contributed by atoms with Crippen molar-refractivity contribution < 1.29 is 0 Å². The van der Waals surface area contributed by atoms with Gasteiger partial charge in [-0.25, -0.2) is 0 Å². The van der Waals surface area contributed by atoms with E-state index in [9.17, 15) is 0 Å². The maximum Gasteiger partial charge on any atom is 0.0947 e. The fraction of sp³-hybridized carbons (Fsp3) is 0.500. The number of hydrogen-bond acceptors (Lipinski definition) is 3. The van der Waals surface area contributed by atoms with Crippen LogP contribution in [0.4, 0.5) is 0 Å². The van der Waals surface area contributed by atoms with Gasteiger partial charge in [-0.1, -0.05) is 19.9 Å². The zero-order valence-corrected chi connectivity index (χ0v) is 9.98. The van der Waals surface area contributed by atoms with Crippen LogP contribution in [-0.2, 0) is 6.54 Å². The molecule has 3 N–H and O–H groups in total. The highest BCUT2D eigenvalue weighted by Crippen LogP contribution is 2.04. The highest BCUT2D eigenvalue weighted by atomic mass is 15.1. The summed E-state index contributed by atoms with van der Waals surface area (Å²) in [6.45, 7) is 6.64. The summed E-state index contributed by atoms with van der Waals surface area (Å²) < 4.78 is 0. The number of aromatic nitrogens is 1. The van der Waals surface area contributed by atoms with Crippen molar-refractivity contribution in [3.05, 3.63) is 30.1 Å². The van der Waals surface area contributed by atoms with Crippen LogP contribution in [0.5, 0.6) is 0 Å². The molecule has 1 aromatic rings. The molecule has 0 aromatic carbocycles. The number of rotatable bonds is 6. The molecule has 4 nitrogen and oxygen atoms in total. The molecule has 0 aliphatic carbocycles. The molecule has 0 saturated heterocycles. The molecule has 1 rings (SSSR count). The van der Waals surface area contributed by atoms with Crippen molar-refractivity contribution in [2.24, 2.45) is 11.7 Å². The molecule has 88 valence electrons. The fourth-order valence-electron chi connectivity index (χ4n) is 1.51. The largest absolute Gasteiger partial charge is 0.387 e. The van der Waals surface area contributed by atoms with E-state index >= 15 is 0 Å². The van der Waals surface area contributed by atoms with Gasteiger partial charge in [0.25, 0.3) is 0 Å². The third-order valence-electron chi connectivity index (χ3n) is 2.62. The lowest BCUT2D eigenvalue weighted by Gasteiger charge is -2.23. The summed E-state index contributed by atoms with van der Waals surface area (Å²) in [5.41, 5.74) is 6.53. The molecule has 4 heteroatoms. The monoisotopic (exact) mass is 220 g/mol. The van der Waals surface area contributed by atoms with Gasteiger partial charge >= 0.3 is 0 Å². The Morgan fingerprint density at radius 2 is 2.31 bits per heavy atom. The molecule has 0 aliphatic heterocycles. The third-order valence-corrected chi connectivity index (χ3v) is 2.62. The van der Waals surface area contributed by atoms with E-state index in [2.05, 4.69) is 16.8 Å². The van der Waals surface area contributed by atoms with Crippen molar-refractivity contribution in [1.82, 2.24) is 9.88 Å². The Hall–Kier alpha value is -1.42. The molecule has 1 aromatic heterocycles. The number of nitrogens with two attached hydrogens (primary N) is 1. The lowest BCUT2D eigenvalue weighted by Crippen LogP contribution is -2.34. The zero-order chi connectivity index (χ0) is 12.0. The van der Waals surface area contributed by atoms with Crippen molar-refractivity contribution in [2.75, 3.05) is 13.1 Å². The van der Waals surface area contributed by atoms with Gasteiger partial charge < -0.3 is 5.73 Å². The minimum absolute atomic E-state index is 0.101. The summed E-state index contributed by atoms with van der Waals surface area (Å²) in [4.78, 5) is 6.54. The predicted octanol–water partition coefficient (Wildman–Crippen LogP) is 1.48. The summed E-state index contributed by atoms with van der Waals surface area (Å²) in [7, 11) is 0. The van der Waals surface area contributed by atoms with Gasteiger partial charge in [0.15, 0.2) is 0 Å². The van der Waals surface area contributed by atoms with Gasteiger partial charge in [0, 0.05) is 25.2 Å². The van der Waals surface area contributed by atoms with E-state index in [1.165, 1.54) is 0 Å². The van der Waals surface area contributed by atoms with Crippen LogP contribution >= 0.6 is 0 Å². The Bertz CT molecular complexity index is 323. The first-order chi connectivity index (χ1) is 7.63. The highest BCUT2D eigenvalue weighted by Gasteiger charge is 2.11. The Labute approximate surface area is 97.0 Å². The van der Waals surface area contributed by atoms with Crippen LogP contribution in [0.1, 0.15) is 19.5 Å². The van der Waals surface area contributed by atoms with E-state index in [-0.39, 0.29) is 11.8 Å². The van der Waals surface area contributed by atoms with Crippen LogP contribution in [0.25, 0.3) is 0 Å². The van der Waals surface area contributed by atoms with Gasteiger partial charge in [-0.3, -0.25) is 15.3 Å². The lowest BCUT2D eigenvalue weighted by molar-refractivity contribution is 0.260. The van der Waals surface area contributed by atoms with Crippen molar-refractivity contribution in [3.63, 3.8) is 0 Å². The summed E-state index contributed by atoms with van der Waals surface area (Å²) in [5.74, 6) is 0.350. The first-order valence-electron chi connectivity index (χ1n) is 5.59. The summed E-state index contributed by atoms with van der Waals surface area (Å²) in [6, 6.07) is 5.92. The van der Waals surface area contributed by atoms with Gasteiger partial charge in [-0.15, -0.1) is 0 Å². The van der Waals surface area contributed by atoms with E-state index in [1.807, 2.05) is 25.1 Å². The number of hydrogen-bond donors (Lipinski definition) is 2. The average molecular weight is 220 g/mol. The van der Waals surface area contributed by atoms with Crippen molar-refractivity contribution in [3.8, 4) is 0 Å². The molecular formula is C12H20N4. The maximum atomic E-state index is 7.38. The lowest BCUT2D eigenvalue weighted by atomic mass is 10.1. The van der Waals surface area contributed by atoms with Crippen LogP contribution in [0.3, 0.4) is 0 Å². The second kappa shape index (κ2) is 6.23. The molecule has 0 amide bonds. The van der Waals surface area contributed by atoms with Crippen LogP contribution in [0.15, 0.2) is 24.4 Å². The Morgan fingerprint density at radius 3 is 2.81 bits per heavy atom. The summed E-state index contributed by atoms with van der Waals surface area (Å²) in [5, 5.41) is 7.38. The molecule has 0 fully saturated rings.